The van der Waals surface area contributed by atoms with Crippen LogP contribution < -0.4 is 4.90 Å². The minimum Gasteiger partial charge on any atom is -0.356 e. The molecule has 82 valence electrons. The summed E-state index contributed by atoms with van der Waals surface area (Å²) in [6, 6.07) is 5.75. The first kappa shape index (κ1) is 12.1. The fraction of sp³-hybridized carbons (Fsp3) is 0.417. The van der Waals surface area contributed by atoms with Crippen molar-refractivity contribution in [2.75, 3.05) is 11.4 Å². The molecule has 0 aliphatic carbocycles. The predicted octanol–water partition coefficient (Wildman–Crippen LogP) is 3.22. The molecule has 0 aliphatic heterocycles. The predicted molar refractivity (Wildman–Crippen MR) is 64.9 cm³/mol. The van der Waals surface area contributed by atoms with E-state index in [0.29, 0.717) is 0 Å². The molecule has 15 heavy (non-hydrogen) atoms. The fourth-order valence-electron chi connectivity index (χ4n) is 1.61. The zero-order chi connectivity index (χ0) is 11.4. The lowest BCUT2D eigenvalue weighted by Crippen LogP contribution is -2.28. The van der Waals surface area contributed by atoms with Crippen LogP contribution in [0.4, 0.5) is 5.69 Å². The number of rotatable bonds is 4. The van der Waals surface area contributed by atoms with Crippen molar-refractivity contribution in [3.63, 3.8) is 0 Å². The molecule has 0 bridgehead atoms. The molecule has 0 spiro atoms. The molecule has 1 atom stereocenters. The normalized spacial score (nSPS) is 12.3. The van der Waals surface area contributed by atoms with E-state index in [1.54, 1.807) is 0 Å². The molecule has 0 N–H and O–H groups in total. The van der Waals surface area contributed by atoms with E-state index in [2.05, 4.69) is 11.8 Å². The maximum atomic E-state index is 10.7. The van der Waals surface area contributed by atoms with Gasteiger partial charge in [0, 0.05) is 17.8 Å². The van der Waals surface area contributed by atoms with E-state index in [4.69, 9.17) is 11.6 Å². The highest BCUT2D eigenvalue weighted by Crippen LogP contribution is 2.21. The van der Waals surface area contributed by atoms with E-state index >= 15 is 0 Å². The lowest BCUT2D eigenvalue weighted by Gasteiger charge is -2.26. The minimum atomic E-state index is -0.0449. The van der Waals surface area contributed by atoms with E-state index in [0.717, 1.165) is 29.6 Å². The average molecular weight is 226 g/mol. The summed E-state index contributed by atoms with van der Waals surface area (Å²) in [7, 11) is 0. The molecule has 0 aromatic heterocycles. The van der Waals surface area contributed by atoms with Gasteiger partial charge in [0.15, 0.2) is 0 Å². The van der Waals surface area contributed by atoms with E-state index in [-0.39, 0.29) is 5.50 Å². The van der Waals surface area contributed by atoms with Crippen molar-refractivity contribution in [1.82, 2.24) is 0 Å². The molecule has 1 rings (SSSR count). The SMILES string of the molecule is CCN(c1ccc(C=O)c(C)c1)C(C)Cl. The second-order valence-corrected chi connectivity index (χ2v) is 4.15. The number of carbonyl (C=O) groups excluding carboxylic acids is 1. The first-order chi connectivity index (χ1) is 7.10. The Hall–Kier alpha value is -1.02. The van der Waals surface area contributed by atoms with E-state index in [1.807, 2.05) is 32.0 Å². The number of aryl methyl sites for hydroxylation is 1. The minimum absolute atomic E-state index is 0.0449. The van der Waals surface area contributed by atoms with Gasteiger partial charge in [-0.05, 0) is 44.5 Å². The number of nitrogens with zero attached hydrogens (tertiary/aromatic N) is 1. The van der Waals surface area contributed by atoms with Gasteiger partial charge in [0.05, 0.1) is 0 Å². The monoisotopic (exact) mass is 225 g/mol. The van der Waals surface area contributed by atoms with Crippen LogP contribution >= 0.6 is 11.6 Å². The summed E-state index contributed by atoms with van der Waals surface area (Å²) < 4.78 is 0. The topological polar surface area (TPSA) is 20.3 Å². The molecule has 0 saturated heterocycles. The van der Waals surface area contributed by atoms with Crippen molar-refractivity contribution < 1.29 is 4.79 Å². The molecule has 2 nitrogen and oxygen atoms in total. The number of benzene rings is 1. The highest BCUT2D eigenvalue weighted by Gasteiger charge is 2.10. The number of halogens is 1. The number of alkyl halides is 1. The van der Waals surface area contributed by atoms with Crippen molar-refractivity contribution >= 4 is 23.6 Å². The van der Waals surface area contributed by atoms with Crippen LogP contribution in [-0.2, 0) is 0 Å². The van der Waals surface area contributed by atoms with Gasteiger partial charge in [-0.3, -0.25) is 4.79 Å². The second kappa shape index (κ2) is 5.17. The molecule has 1 unspecified atom stereocenters. The summed E-state index contributed by atoms with van der Waals surface area (Å²) in [6.07, 6.45) is 0.875. The Morgan fingerprint density at radius 3 is 2.60 bits per heavy atom. The van der Waals surface area contributed by atoms with Gasteiger partial charge in [-0.25, -0.2) is 0 Å². The van der Waals surface area contributed by atoms with Crippen LogP contribution in [0.25, 0.3) is 0 Å². The molecule has 0 fully saturated rings. The standard InChI is InChI=1S/C12H16ClNO/c1-4-14(10(3)13)12-6-5-11(8-15)9(2)7-12/h5-8,10H,4H2,1-3H3. The summed E-state index contributed by atoms with van der Waals surface area (Å²) in [5.41, 5.74) is 2.73. The van der Waals surface area contributed by atoms with Gasteiger partial charge in [-0.15, -0.1) is 0 Å². The molecule has 0 amide bonds. The first-order valence-corrected chi connectivity index (χ1v) is 5.50. The summed E-state index contributed by atoms with van der Waals surface area (Å²) in [6.45, 7) is 6.78. The number of hydrogen-bond acceptors (Lipinski definition) is 2. The molecule has 0 aliphatic rings. The fourth-order valence-corrected chi connectivity index (χ4v) is 1.86. The van der Waals surface area contributed by atoms with Crippen molar-refractivity contribution in [2.45, 2.75) is 26.3 Å². The summed E-state index contributed by atoms with van der Waals surface area (Å²) in [5.74, 6) is 0. The Morgan fingerprint density at radius 2 is 2.20 bits per heavy atom. The Bertz CT molecular complexity index is 349. The Kier molecular flexibility index (Phi) is 4.15. The molecule has 0 heterocycles. The smallest absolute Gasteiger partial charge is 0.150 e. The van der Waals surface area contributed by atoms with Crippen molar-refractivity contribution in [2.24, 2.45) is 0 Å². The third-order valence-electron chi connectivity index (χ3n) is 2.48. The highest BCUT2D eigenvalue weighted by atomic mass is 35.5. The van der Waals surface area contributed by atoms with Crippen LogP contribution in [0.2, 0.25) is 0 Å². The van der Waals surface area contributed by atoms with Gasteiger partial charge >= 0.3 is 0 Å². The molecule has 0 radical (unpaired) electrons. The van der Waals surface area contributed by atoms with Gasteiger partial charge in [0.1, 0.15) is 11.8 Å². The average Bonchev–Trinajstić information content (AvgIpc) is 2.18. The lowest BCUT2D eigenvalue weighted by atomic mass is 10.1. The van der Waals surface area contributed by atoms with E-state index in [9.17, 15) is 4.79 Å². The zero-order valence-electron chi connectivity index (χ0n) is 9.33. The third-order valence-corrected chi connectivity index (χ3v) is 2.72. The van der Waals surface area contributed by atoms with E-state index < -0.39 is 0 Å². The summed E-state index contributed by atoms with van der Waals surface area (Å²) in [4.78, 5) is 12.7. The molecular formula is C12H16ClNO. The van der Waals surface area contributed by atoms with Gasteiger partial charge in [0.2, 0.25) is 0 Å². The van der Waals surface area contributed by atoms with Crippen molar-refractivity contribution in [1.29, 1.82) is 0 Å². The Balaban J connectivity index is 3.05. The highest BCUT2D eigenvalue weighted by molar-refractivity contribution is 6.21. The summed E-state index contributed by atoms with van der Waals surface area (Å²) >= 11 is 6.06. The van der Waals surface area contributed by atoms with Crippen LogP contribution in [0.5, 0.6) is 0 Å². The van der Waals surface area contributed by atoms with Crippen LogP contribution in [0.1, 0.15) is 29.8 Å². The Labute approximate surface area is 95.8 Å². The number of aldehydes is 1. The maximum Gasteiger partial charge on any atom is 0.150 e. The quantitative estimate of drug-likeness (QED) is 0.446. The zero-order valence-corrected chi connectivity index (χ0v) is 10.1. The summed E-state index contributed by atoms with van der Waals surface area (Å²) in [5, 5.41) is 0. The van der Waals surface area contributed by atoms with E-state index in [1.165, 1.54) is 0 Å². The third kappa shape index (κ3) is 2.72. The van der Waals surface area contributed by atoms with Crippen molar-refractivity contribution in [3.05, 3.63) is 29.3 Å². The number of anilines is 1. The van der Waals surface area contributed by atoms with Crippen molar-refractivity contribution in [3.8, 4) is 0 Å². The number of carbonyl (C=O) groups is 1. The van der Waals surface area contributed by atoms with Crippen LogP contribution in [-0.4, -0.2) is 18.3 Å². The molecular weight excluding hydrogens is 210 g/mol. The Morgan fingerprint density at radius 1 is 1.53 bits per heavy atom. The van der Waals surface area contributed by atoms with Crippen LogP contribution in [0, 0.1) is 6.92 Å². The largest absolute Gasteiger partial charge is 0.356 e. The molecule has 3 heteroatoms. The molecule has 1 aromatic rings. The van der Waals surface area contributed by atoms with Gasteiger partial charge in [-0.2, -0.15) is 0 Å². The number of hydrogen-bond donors (Lipinski definition) is 0. The maximum absolute atomic E-state index is 10.7. The van der Waals surface area contributed by atoms with Gasteiger partial charge < -0.3 is 4.90 Å². The first-order valence-electron chi connectivity index (χ1n) is 5.06. The second-order valence-electron chi connectivity index (χ2n) is 3.52. The molecule has 0 saturated carbocycles. The van der Waals surface area contributed by atoms with Gasteiger partial charge in [0.25, 0.3) is 0 Å². The molecule has 1 aromatic carbocycles. The van der Waals surface area contributed by atoms with Crippen LogP contribution in [0.15, 0.2) is 18.2 Å². The van der Waals surface area contributed by atoms with Gasteiger partial charge in [-0.1, -0.05) is 11.6 Å². The van der Waals surface area contributed by atoms with Crippen LogP contribution in [0.3, 0.4) is 0 Å². The lowest BCUT2D eigenvalue weighted by molar-refractivity contribution is 0.112.